The molecule has 0 saturated heterocycles. The molecule has 0 aliphatic heterocycles. The Balaban J connectivity index is 2.75. The number of hydrogen-bond acceptors (Lipinski definition) is 1. The molecule has 0 saturated carbocycles. The zero-order valence-corrected chi connectivity index (χ0v) is 9.90. The van der Waals surface area contributed by atoms with Crippen molar-refractivity contribution in [3.8, 4) is 5.75 Å². The highest BCUT2D eigenvalue weighted by Gasteiger charge is 2.41. The van der Waals surface area contributed by atoms with Crippen molar-refractivity contribution in [2.75, 3.05) is 6.61 Å². The van der Waals surface area contributed by atoms with Gasteiger partial charge >= 0.3 is 12.3 Å². The Morgan fingerprint density at radius 1 is 1.38 bits per heavy atom. The lowest BCUT2D eigenvalue weighted by atomic mass is 10.2. The van der Waals surface area contributed by atoms with E-state index in [4.69, 9.17) is 4.74 Å². The largest absolute Gasteiger partial charge is 0.486 e. The summed E-state index contributed by atoms with van der Waals surface area (Å²) in [5.74, 6) is -3.98. The number of rotatable bonds is 4. The maximum absolute atomic E-state index is 12.6. The molecule has 0 radical (unpaired) electrons. The van der Waals surface area contributed by atoms with Crippen LogP contribution in [0.4, 0.5) is 17.6 Å². The summed E-state index contributed by atoms with van der Waals surface area (Å²) in [6.45, 7) is 0.300. The van der Waals surface area contributed by atoms with Crippen molar-refractivity contribution in [1.82, 2.24) is 0 Å². The van der Waals surface area contributed by atoms with E-state index in [9.17, 15) is 17.6 Å². The molecule has 0 atom stereocenters. The maximum atomic E-state index is 12.6. The Hall–Kier alpha value is -0.780. The van der Waals surface area contributed by atoms with Crippen LogP contribution in [0.15, 0.2) is 22.7 Å². The Kier molecular flexibility index (Phi) is 4.18. The Morgan fingerprint density at radius 3 is 2.50 bits per heavy atom. The smallest absolute Gasteiger partial charge is 0.340 e. The van der Waals surface area contributed by atoms with Gasteiger partial charge in [-0.2, -0.15) is 8.78 Å². The lowest BCUT2D eigenvalue weighted by Crippen LogP contribution is -2.33. The fourth-order valence-corrected chi connectivity index (χ4v) is 1.61. The minimum Gasteiger partial charge on any atom is -0.486 e. The predicted octanol–water partition coefficient (Wildman–Crippen LogP) is 4.04. The minimum absolute atomic E-state index is 0.155. The molecule has 1 aromatic rings. The lowest BCUT2D eigenvalue weighted by molar-refractivity contribution is -0.148. The van der Waals surface area contributed by atoms with Gasteiger partial charge in [0, 0.05) is 0 Å². The third-order valence-corrected chi connectivity index (χ3v) is 2.52. The Labute approximate surface area is 98.5 Å². The van der Waals surface area contributed by atoms with E-state index in [0.717, 1.165) is 0 Å². The predicted molar refractivity (Wildman–Crippen MR) is 55.3 cm³/mol. The number of para-hydroxylation sites is 1. The lowest BCUT2D eigenvalue weighted by Gasteiger charge is -2.17. The summed E-state index contributed by atoms with van der Waals surface area (Å²) in [6, 6.07) is 4.92. The molecule has 1 nitrogen and oxygen atoms in total. The highest BCUT2D eigenvalue weighted by molar-refractivity contribution is 9.10. The average Bonchev–Trinajstić information content (AvgIpc) is 2.16. The molecule has 0 aliphatic rings. The van der Waals surface area contributed by atoms with Crippen LogP contribution in [0.2, 0.25) is 0 Å². The minimum atomic E-state index is -4.14. The van der Waals surface area contributed by atoms with Crippen LogP contribution in [0.5, 0.6) is 5.75 Å². The van der Waals surface area contributed by atoms with Gasteiger partial charge in [0.15, 0.2) is 6.61 Å². The summed E-state index contributed by atoms with van der Waals surface area (Å²) in [6.07, 6.45) is -3.73. The van der Waals surface area contributed by atoms with Gasteiger partial charge in [-0.1, -0.05) is 12.1 Å². The molecule has 1 aromatic carbocycles. The summed E-state index contributed by atoms with van der Waals surface area (Å²) < 4.78 is 54.1. The average molecular weight is 301 g/mol. The number of halogens is 5. The summed E-state index contributed by atoms with van der Waals surface area (Å²) >= 11 is 3.09. The van der Waals surface area contributed by atoms with Gasteiger partial charge in [0.2, 0.25) is 0 Å². The van der Waals surface area contributed by atoms with E-state index in [1.807, 2.05) is 0 Å². The quantitative estimate of drug-likeness (QED) is 0.763. The van der Waals surface area contributed by atoms with Crippen molar-refractivity contribution in [1.29, 1.82) is 0 Å². The van der Waals surface area contributed by atoms with Crippen molar-refractivity contribution in [3.05, 3.63) is 28.2 Å². The van der Waals surface area contributed by atoms with Crippen molar-refractivity contribution in [2.24, 2.45) is 0 Å². The number of hydrogen-bond donors (Lipinski definition) is 0. The third kappa shape index (κ3) is 3.10. The van der Waals surface area contributed by atoms with Crippen LogP contribution in [0.1, 0.15) is 5.56 Å². The maximum Gasteiger partial charge on any atom is 0.340 e. The molecule has 0 spiro atoms. The van der Waals surface area contributed by atoms with E-state index in [2.05, 4.69) is 15.9 Å². The molecule has 0 bridgehead atoms. The monoisotopic (exact) mass is 300 g/mol. The van der Waals surface area contributed by atoms with Crippen LogP contribution in [-0.4, -0.2) is 19.0 Å². The number of alkyl halides is 4. The summed E-state index contributed by atoms with van der Waals surface area (Å²) in [7, 11) is 0. The molecule has 0 aliphatic carbocycles. The van der Waals surface area contributed by atoms with Gasteiger partial charge in [-0.05, 0) is 34.5 Å². The zero-order valence-electron chi connectivity index (χ0n) is 8.31. The second-order valence-corrected chi connectivity index (χ2v) is 4.09. The molecule has 0 amide bonds. The molecule has 0 fully saturated rings. The van der Waals surface area contributed by atoms with Gasteiger partial charge in [-0.15, -0.1) is 0 Å². The van der Waals surface area contributed by atoms with Crippen molar-refractivity contribution < 1.29 is 22.3 Å². The molecular formula is C10H9BrF4O. The first-order valence-corrected chi connectivity index (χ1v) is 5.18. The fourth-order valence-electron chi connectivity index (χ4n) is 1.03. The zero-order chi connectivity index (χ0) is 12.3. The van der Waals surface area contributed by atoms with Crippen LogP contribution in [0.3, 0.4) is 0 Å². The van der Waals surface area contributed by atoms with Gasteiger partial charge in [-0.3, -0.25) is 0 Å². The number of benzene rings is 1. The van der Waals surface area contributed by atoms with Crippen LogP contribution in [-0.2, 0) is 0 Å². The molecular weight excluding hydrogens is 292 g/mol. The second-order valence-electron chi connectivity index (χ2n) is 3.24. The first kappa shape index (κ1) is 13.3. The van der Waals surface area contributed by atoms with Gasteiger partial charge in [-0.25, -0.2) is 8.78 Å². The van der Waals surface area contributed by atoms with E-state index < -0.39 is 19.0 Å². The normalized spacial score (nSPS) is 11.9. The standard InChI is InChI=1S/C10H9BrF4O/c1-6-3-2-4-7(11)8(6)16-5-10(14,15)9(12)13/h2-4,9H,5H2,1H3. The van der Waals surface area contributed by atoms with E-state index >= 15 is 0 Å². The summed E-state index contributed by atoms with van der Waals surface area (Å²) in [5.41, 5.74) is 0.597. The van der Waals surface area contributed by atoms with Crippen LogP contribution in [0.25, 0.3) is 0 Å². The molecule has 6 heteroatoms. The van der Waals surface area contributed by atoms with Crippen molar-refractivity contribution in [3.63, 3.8) is 0 Å². The first-order chi connectivity index (χ1) is 7.34. The van der Waals surface area contributed by atoms with Crippen molar-refractivity contribution >= 4 is 15.9 Å². The highest BCUT2D eigenvalue weighted by atomic mass is 79.9. The van der Waals surface area contributed by atoms with E-state index in [0.29, 0.717) is 10.0 Å². The van der Waals surface area contributed by atoms with Crippen LogP contribution in [0, 0.1) is 6.92 Å². The second kappa shape index (κ2) is 5.03. The third-order valence-electron chi connectivity index (χ3n) is 1.89. The Bertz CT molecular complexity index is 348. The van der Waals surface area contributed by atoms with Gasteiger partial charge in [0.1, 0.15) is 5.75 Å². The SMILES string of the molecule is Cc1cccc(Br)c1OCC(F)(F)C(F)F. The molecule has 90 valence electrons. The van der Waals surface area contributed by atoms with E-state index in [1.165, 1.54) is 0 Å². The van der Waals surface area contributed by atoms with E-state index in [-0.39, 0.29) is 5.75 Å². The van der Waals surface area contributed by atoms with Crippen molar-refractivity contribution in [2.45, 2.75) is 19.3 Å². The molecule has 0 unspecified atom stereocenters. The summed E-state index contributed by atoms with van der Waals surface area (Å²) in [5, 5.41) is 0. The van der Waals surface area contributed by atoms with Crippen LogP contribution >= 0.6 is 15.9 Å². The molecule has 0 heterocycles. The van der Waals surface area contributed by atoms with Gasteiger partial charge in [0.05, 0.1) is 4.47 Å². The Morgan fingerprint density at radius 2 is 2.00 bits per heavy atom. The van der Waals surface area contributed by atoms with Crippen LogP contribution < -0.4 is 4.74 Å². The van der Waals surface area contributed by atoms with E-state index in [1.54, 1.807) is 25.1 Å². The van der Waals surface area contributed by atoms with Gasteiger partial charge < -0.3 is 4.74 Å². The number of aryl methyl sites for hydroxylation is 1. The van der Waals surface area contributed by atoms with Gasteiger partial charge in [0.25, 0.3) is 0 Å². The first-order valence-electron chi connectivity index (χ1n) is 4.38. The fraction of sp³-hybridized carbons (Fsp3) is 0.400. The topological polar surface area (TPSA) is 9.23 Å². The highest BCUT2D eigenvalue weighted by Crippen LogP contribution is 2.31. The number of ether oxygens (including phenoxy) is 1. The molecule has 16 heavy (non-hydrogen) atoms. The molecule has 1 rings (SSSR count). The molecule has 0 N–H and O–H groups in total. The summed E-state index contributed by atoms with van der Waals surface area (Å²) in [4.78, 5) is 0. The molecule has 0 aromatic heterocycles.